The molecule has 1 amide bonds. The number of benzene rings is 2. The number of likely N-dealkylation sites (tertiary alicyclic amines) is 1. The van der Waals surface area contributed by atoms with E-state index in [1.54, 1.807) is 6.07 Å². The number of hydrogen-bond acceptors (Lipinski definition) is 3. The van der Waals surface area contributed by atoms with Crippen LogP contribution in [0.25, 0.3) is 11.1 Å². The fourth-order valence-electron chi connectivity index (χ4n) is 3.92. The Morgan fingerprint density at radius 1 is 1.22 bits per heavy atom. The molecule has 2 unspecified atom stereocenters. The van der Waals surface area contributed by atoms with Crippen LogP contribution in [0.3, 0.4) is 0 Å². The lowest BCUT2D eigenvalue weighted by Gasteiger charge is -2.32. The minimum atomic E-state index is -0.0871. The summed E-state index contributed by atoms with van der Waals surface area (Å²) in [5.74, 6) is 0.640. The molecule has 1 heterocycles. The highest BCUT2D eigenvalue weighted by Crippen LogP contribution is 2.27. The van der Waals surface area contributed by atoms with E-state index in [2.05, 4.69) is 30.1 Å². The molecule has 27 heavy (non-hydrogen) atoms. The number of nitrogens with zero attached hydrogens (tertiary/aromatic N) is 2. The number of amides is 1. The van der Waals surface area contributed by atoms with Crippen LogP contribution in [-0.2, 0) is 0 Å². The van der Waals surface area contributed by atoms with Gasteiger partial charge >= 0.3 is 0 Å². The van der Waals surface area contributed by atoms with E-state index in [-0.39, 0.29) is 11.9 Å². The van der Waals surface area contributed by atoms with E-state index in [1.165, 1.54) is 12.8 Å². The SMILES string of the molecule is CC1CCCN(CC(C)NC(=O)c2ccccc2-c2ccccc2C#N)C1. The van der Waals surface area contributed by atoms with Gasteiger partial charge in [0.1, 0.15) is 0 Å². The summed E-state index contributed by atoms with van der Waals surface area (Å²) < 4.78 is 0. The topological polar surface area (TPSA) is 56.1 Å². The zero-order valence-corrected chi connectivity index (χ0v) is 16.1. The molecule has 0 spiro atoms. The van der Waals surface area contributed by atoms with Crippen molar-refractivity contribution in [1.82, 2.24) is 10.2 Å². The first-order valence-corrected chi connectivity index (χ1v) is 9.70. The number of carbonyl (C=O) groups is 1. The van der Waals surface area contributed by atoms with Gasteiger partial charge in [-0.2, -0.15) is 5.26 Å². The number of rotatable bonds is 5. The van der Waals surface area contributed by atoms with Crippen molar-refractivity contribution in [2.24, 2.45) is 5.92 Å². The van der Waals surface area contributed by atoms with E-state index < -0.39 is 0 Å². The highest BCUT2D eigenvalue weighted by molar-refractivity contribution is 6.01. The largest absolute Gasteiger partial charge is 0.348 e. The summed E-state index contributed by atoms with van der Waals surface area (Å²) in [6.07, 6.45) is 2.53. The standard InChI is InChI=1S/C23H27N3O/c1-17-8-7-13-26(15-17)16-18(2)25-23(27)22-12-6-5-11-21(22)20-10-4-3-9-19(20)14-24/h3-6,9-12,17-18H,7-8,13,15-16H2,1-2H3,(H,25,27). The highest BCUT2D eigenvalue weighted by atomic mass is 16.1. The Labute approximate surface area is 161 Å². The molecule has 1 aliphatic heterocycles. The summed E-state index contributed by atoms with van der Waals surface area (Å²) in [6, 6.07) is 17.2. The van der Waals surface area contributed by atoms with Gasteiger partial charge in [-0.05, 0) is 49.9 Å². The predicted octanol–water partition coefficient (Wildman–Crippen LogP) is 4.08. The summed E-state index contributed by atoms with van der Waals surface area (Å²) in [6.45, 7) is 7.43. The maximum atomic E-state index is 12.9. The summed E-state index contributed by atoms with van der Waals surface area (Å²) in [4.78, 5) is 15.4. The summed E-state index contributed by atoms with van der Waals surface area (Å²) in [7, 11) is 0. The first-order chi connectivity index (χ1) is 13.1. The highest BCUT2D eigenvalue weighted by Gasteiger charge is 2.20. The second kappa shape index (κ2) is 8.83. The molecule has 1 saturated heterocycles. The molecule has 1 fully saturated rings. The van der Waals surface area contributed by atoms with Gasteiger partial charge in [0.15, 0.2) is 0 Å². The van der Waals surface area contributed by atoms with Gasteiger partial charge in [0.05, 0.1) is 11.6 Å². The molecule has 0 saturated carbocycles. The number of carbonyl (C=O) groups excluding carboxylic acids is 1. The summed E-state index contributed by atoms with van der Waals surface area (Å²) >= 11 is 0. The van der Waals surface area contributed by atoms with Crippen LogP contribution >= 0.6 is 0 Å². The molecule has 4 heteroatoms. The van der Waals surface area contributed by atoms with E-state index in [0.29, 0.717) is 11.1 Å². The normalized spacial score (nSPS) is 18.5. The molecular formula is C23H27N3O. The molecule has 2 aromatic carbocycles. The minimum absolute atomic E-state index is 0.0714. The van der Waals surface area contributed by atoms with Crippen LogP contribution in [0.1, 0.15) is 42.6 Å². The Hall–Kier alpha value is -2.64. The van der Waals surface area contributed by atoms with Gasteiger partial charge in [0.25, 0.3) is 5.91 Å². The maximum Gasteiger partial charge on any atom is 0.252 e. The molecule has 2 aromatic rings. The maximum absolute atomic E-state index is 12.9. The Kier molecular flexibility index (Phi) is 6.26. The molecule has 0 radical (unpaired) electrons. The molecular weight excluding hydrogens is 334 g/mol. The lowest BCUT2D eigenvalue weighted by molar-refractivity contribution is 0.0920. The Bertz CT molecular complexity index is 840. The van der Waals surface area contributed by atoms with E-state index >= 15 is 0 Å². The first kappa shape index (κ1) is 19.1. The second-order valence-electron chi connectivity index (χ2n) is 7.58. The molecule has 0 aromatic heterocycles. The van der Waals surface area contributed by atoms with E-state index in [9.17, 15) is 10.1 Å². The van der Waals surface area contributed by atoms with Crippen LogP contribution in [0.2, 0.25) is 0 Å². The van der Waals surface area contributed by atoms with E-state index in [1.807, 2.05) is 42.5 Å². The Morgan fingerprint density at radius 3 is 2.67 bits per heavy atom. The van der Waals surface area contributed by atoms with Crippen molar-refractivity contribution in [3.05, 3.63) is 59.7 Å². The minimum Gasteiger partial charge on any atom is -0.348 e. The molecule has 140 valence electrons. The second-order valence-corrected chi connectivity index (χ2v) is 7.58. The monoisotopic (exact) mass is 361 g/mol. The smallest absolute Gasteiger partial charge is 0.252 e. The number of hydrogen-bond donors (Lipinski definition) is 1. The van der Waals surface area contributed by atoms with Crippen molar-refractivity contribution in [2.45, 2.75) is 32.7 Å². The molecule has 2 atom stereocenters. The average Bonchev–Trinajstić information content (AvgIpc) is 2.67. The third kappa shape index (κ3) is 4.75. The van der Waals surface area contributed by atoms with Crippen LogP contribution in [0.4, 0.5) is 0 Å². The molecule has 3 rings (SSSR count). The van der Waals surface area contributed by atoms with Gasteiger partial charge in [-0.1, -0.05) is 43.3 Å². The lowest BCUT2D eigenvalue weighted by atomic mass is 9.95. The van der Waals surface area contributed by atoms with Crippen molar-refractivity contribution in [3.63, 3.8) is 0 Å². The molecule has 1 aliphatic rings. The number of piperidine rings is 1. The lowest BCUT2D eigenvalue weighted by Crippen LogP contribution is -2.45. The van der Waals surface area contributed by atoms with Crippen LogP contribution in [0, 0.1) is 17.2 Å². The molecule has 1 N–H and O–H groups in total. The summed E-state index contributed by atoms with van der Waals surface area (Å²) in [5.41, 5.74) is 2.78. The van der Waals surface area contributed by atoms with Crippen molar-refractivity contribution in [1.29, 1.82) is 5.26 Å². The van der Waals surface area contributed by atoms with Gasteiger partial charge in [-0.25, -0.2) is 0 Å². The van der Waals surface area contributed by atoms with Gasteiger partial charge in [0.2, 0.25) is 0 Å². The molecule has 4 nitrogen and oxygen atoms in total. The number of nitriles is 1. The predicted molar refractivity (Wildman–Crippen MR) is 108 cm³/mol. The molecule has 0 aliphatic carbocycles. The third-order valence-electron chi connectivity index (χ3n) is 5.16. The van der Waals surface area contributed by atoms with Crippen molar-refractivity contribution in [3.8, 4) is 17.2 Å². The summed E-state index contributed by atoms with van der Waals surface area (Å²) in [5, 5.41) is 12.5. The third-order valence-corrected chi connectivity index (χ3v) is 5.16. The van der Waals surface area contributed by atoms with Crippen LogP contribution < -0.4 is 5.32 Å². The zero-order chi connectivity index (χ0) is 19.2. The van der Waals surface area contributed by atoms with Gasteiger partial charge in [-0.15, -0.1) is 0 Å². The van der Waals surface area contributed by atoms with Crippen LogP contribution in [0.15, 0.2) is 48.5 Å². The van der Waals surface area contributed by atoms with E-state index in [0.717, 1.165) is 36.7 Å². The van der Waals surface area contributed by atoms with Crippen molar-refractivity contribution < 1.29 is 4.79 Å². The fraction of sp³-hybridized carbons (Fsp3) is 0.391. The fourth-order valence-corrected chi connectivity index (χ4v) is 3.92. The van der Waals surface area contributed by atoms with Crippen molar-refractivity contribution in [2.75, 3.05) is 19.6 Å². The van der Waals surface area contributed by atoms with Crippen molar-refractivity contribution >= 4 is 5.91 Å². The van der Waals surface area contributed by atoms with Crippen LogP contribution in [0.5, 0.6) is 0 Å². The Balaban J connectivity index is 1.75. The van der Waals surface area contributed by atoms with E-state index in [4.69, 9.17) is 0 Å². The van der Waals surface area contributed by atoms with Gasteiger partial charge in [0, 0.05) is 30.3 Å². The van der Waals surface area contributed by atoms with Gasteiger partial charge in [-0.3, -0.25) is 4.79 Å². The average molecular weight is 361 g/mol. The van der Waals surface area contributed by atoms with Gasteiger partial charge < -0.3 is 10.2 Å². The Morgan fingerprint density at radius 2 is 1.93 bits per heavy atom. The zero-order valence-electron chi connectivity index (χ0n) is 16.1. The number of nitrogens with one attached hydrogen (secondary N) is 1. The molecule has 0 bridgehead atoms. The quantitative estimate of drug-likeness (QED) is 0.873. The van der Waals surface area contributed by atoms with Crippen LogP contribution in [-0.4, -0.2) is 36.5 Å². The first-order valence-electron chi connectivity index (χ1n) is 9.70.